The molecule has 1 spiro atoms. The van der Waals surface area contributed by atoms with E-state index in [0.29, 0.717) is 5.91 Å². The monoisotopic (exact) mass is 388 g/mol. The van der Waals surface area contributed by atoms with Crippen LogP contribution in [0.1, 0.15) is 43.4 Å². The molecule has 2 fully saturated rings. The van der Waals surface area contributed by atoms with E-state index >= 15 is 0 Å². The van der Waals surface area contributed by atoms with Crippen molar-refractivity contribution in [2.45, 2.75) is 51.2 Å². The number of pyridine rings is 1. The van der Waals surface area contributed by atoms with Crippen molar-refractivity contribution >= 4 is 11.7 Å². The van der Waals surface area contributed by atoms with Crippen LogP contribution in [-0.4, -0.2) is 76.5 Å². The number of piperidine rings is 2. The highest BCUT2D eigenvalue weighted by molar-refractivity contribution is 5.83. The largest absolute Gasteiger partial charge is 0.370 e. The summed E-state index contributed by atoms with van der Waals surface area (Å²) in [4.78, 5) is 22.1. The summed E-state index contributed by atoms with van der Waals surface area (Å²) in [7, 11) is 0. The molecule has 154 valence electrons. The van der Waals surface area contributed by atoms with Gasteiger partial charge in [0.15, 0.2) is 6.29 Å². The van der Waals surface area contributed by atoms with Gasteiger partial charge in [0.1, 0.15) is 5.82 Å². The predicted molar refractivity (Wildman–Crippen MR) is 107 cm³/mol. The highest BCUT2D eigenvalue weighted by Crippen LogP contribution is 2.41. The van der Waals surface area contributed by atoms with Crippen LogP contribution in [0.15, 0.2) is 12.1 Å². The number of nitrogens with one attached hydrogen (secondary N) is 1. The minimum Gasteiger partial charge on any atom is -0.370 e. The second kappa shape index (κ2) is 8.35. The zero-order valence-corrected chi connectivity index (χ0v) is 16.6. The van der Waals surface area contributed by atoms with Crippen molar-refractivity contribution in [3.8, 4) is 0 Å². The van der Waals surface area contributed by atoms with Gasteiger partial charge < -0.3 is 20.4 Å². The highest BCUT2D eigenvalue weighted by Gasteiger charge is 2.45. The number of rotatable bonds is 5. The van der Waals surface area contributed by atoms with E-state index in [1.54, 1.807) is 0 Å². The molecule has 3 aliphatic heterocycles. The van der Waals surface area contributed by atoms with Crippen molar-refractivity contribution < 1.29 is 15.0 Å². The summed E-state index contributed by atoms with van der Waals surface area (Å²) in [5.41, 5.74) is 2.09. The molecule has 28 heavy (non-hydrogen) atoms. The first-order chi connectivity index (χ1) is 13.6. The molecule has 2 saturated heterocycles. The fourth-order valence-corrected chi connectivity index (χ4v) is 4.98. The van der Waals surface area contributed by atoms with E-state index in [0.717, 1.165) is 89.2 Å². The average molecular weight is 389 g/mol. The van der Waals surface area contributed by atoms with Gasteiger partial charge in [0, 0.05) is 38.3 Å². The number of aromatic nitrogens is 1. The van der Waals surface area contributed by atoms with E-state index in [2.05, 4.69) is 17.4 Å². The second-order valence-electron chi connectivity index (χ2n) is 8.55. The third kappa shape index (κ3) is 4.16. The molecule has 0 unspecified atom stereocenters. The van der Waals surface area contributed by atoms with Crippen LogP contribution in [0.5, 0.6) is 0 Å². The molecule has 0 aliphatic carbocycles. The van der Waals surface area contributed by atoms with Gasteiger partial charge in [-0.15, -0.1) is 0 Å². The summed E-state index contributed by atoms with van der Waals surface area (Å²) in [5.74, 6) is 1.31. The summed E-state index contributed by atoms with van der Waals surface area (Å²) in [6.07, 6.45) is 5.38. The molecule has 1 aromatic rings. The second-order valence-corrected chi connectivity index (χ2v) is 8.55. The van der Waals surface area contributed by atoms with Gasteiger partial charge >= 0.3 is 0 Å². The number of carbonyl (C=O) groups is 1. The maximum atomic E-state index is 13.3. The minimum absolute atomic E-state index is 0.250. The van der Waals surface area contributed by atoms with Gasteiger partial charge in [-0.25, -0.2) is 4.98 Å². The van der Waals surface area contributed by atoms with Gasteiger partial charge in [0.05, 0.1) is 5.41 Å². The van der Waals surface area contributed by atoms with Crippen molar-refractivity contribution in [1.29, 1.82) is 0 Å². The summed E-state index contributed by atoms with van der Waals surface area (Å²) in [6.45, 7) is 4.34. The van der Waals surface area contributed by atoms with E-state index in [-0.39, 0.29) is 12.0 Å². The van der Waals surface area contributed by atoms with Crippen LogP contribution in [0, 0.1) is 5.41 Å². The van der Waals surface area contributed by atoms with Crippen molar-refractivity contribution in [2.24, 2.45) is 5.41 Å². The number of nitrogens with zero attached hydrogens (tertiary/aromatic N) is 3. The Morgan fingerprint density at radius 1 is 1.14 bits per heavy atom. The Hall–Kier alpha value is -1.70. The molecule has 4 rings (SSSR count). The number of aliphatic hydroxyl groups excluding tert-OH is 1. The molecule has 1 amide bonds. The van der Waals surface area contributed by atoms with Crippen LogP contribution in [0.3, 0.4) is 0 Å². The summed E-state index contributed by atoms with van der Waals surface area (Å²) in [5, 5.41) is 21.7. The van der Waals surface area contributed by atoms with Gasteiger partial charge in [-0.3, -0.25) is 9.69 Å². The smallest absolute Gasteiger partial charge is 0.228 e. The zero-order chi connectivity index (χ0) is 19.6. The Morgan fingerprint density at radius 3 is 2.75 bits per heavy atom. The lowest BCUT2D eigenvalue weighted by atomic mass is 9.71. The molecule has 4 heterocycles. The first kappa shape index (κ1) is 19.6. The van der Waals surface area contributed by atoms with Gasteiger partial charge in [0.25, 0.3) is 0 Å². The zero-order valence-electron chi connectivity index (χ0n) is 16.6. The van der Waals surface area contributed by atoms with Crippen LogP contribution in [0.4, 0.5) is 5.82 Å². The van der Waals surface area contributed by atoms with Crippen molar-refractivity contribution in [1.82, 2.24) is 14.8 Å². The Balaban J connectivity index is 1.35. The standard InChI is InChI=1S/C21H32N4O3/c26-18(27)15-24-13-8-21(9-14-24)7-2-11-25(20(21)28)12-6-17-5-4-16-3-1-10-22-19(16)23-17/h4-5,18,26-27H,1-3,6-15H2,(H,22,23). The average Bonchev–Trinajstić information content (AvgIpc) is 2.70. The lowest BCUT2D eigenvalue weighted by Gasteiger charge is -2.46. The first-order valence-corrected chi connectivity index (χ1v) is 10.7. The number of aryl methyl sites for hydroxylation is 1. The van der Waals surface area contributed by atoms with Crippen LogP contribution >= 0.6 is 0 Å². The number of likely N-dealkylation sites (tertiary alicyclic amines) is 2. The molecule has 0 atom stereocenters. The van der Waals surface area contributed by atoms with E-state index < -0.39 is 6.29 Å². The van der Waals surface area contributed by atoms with Gasteiger partial charge in [-0.1, -0.05) is 6.07 Å². The van der Waals surface area contributed by atoms with Gasteiger partial charge in [0.2, 0.25) is 5.91 Å². The molecular formula is C21H32N4O3. The number of hydrogen-bond donors (Lipinski definition) is 3. The molecule has 1 aromatic heterocycles. The molecular weight excluding hydrogens is 356 g/mol. The van der Waals surface area contributed by atoms with Crippen LogP contribution < -0.4 is 5.32 Å². The number of hydrogen-bond acceptors (Lipinski definition) is 6. The Morgan fingerprint density at radius 2 is 1.96 bits per heavy atom. The number of fused-ring (bicyclic) bond motifs is 1. The molecule has 0 radical (unpaired) electrons. The molecule has 0 aromatic carbocycles. The number of amides is 1. The van der Waals surface area contributed by atoms with Crippen LogP contribution in [0.2, 0.25) is 0 Å². The molecule has 7 heteroatoms. The van der Waals surface area contributed by atoms with Crippen molar-refractivity contribution in [3.05, 3.63) is 23.4 Å². The SMILES string of the molecule is O=C1N(CCc2ccc3c(n2)NCCC3)CCCC12CCN(CC(O)O)CC2. The fourth-order valence-electron chi connectivity index (χ4n) is 4.98. The van der Waals surface area contributed by atoms with Crippen molar-refractivity contribution in [3.63, 3.8) is 0 Å². The molecule has 3 N–H and O–H groups in total. The number of aliphatic hydroxyl groups is 2. The van der Waals surface area contributed by atoms with Crippen molar-refractivity contribution in [2.75, 3.05) is 44.6 Å². The number of β-amino-alcohol motifs (C(OH)–C–C–N with tert-alkyl or cyclic N) is 2. The van der Waals surface area contributed by atoms with Crippen LogP contribution in [-0.2, 0) is 17.6 Å². The lowest BCUT2D eigenvalue weighted by Crippen LogP contribution is -2.54. The van der Waals surface area contributed by atoms with Gasteiger partial charge in [-0.05, 0) is 63.2 Å². The Kier molecular flexibility index (Phi) is 5.85. The summed E-state index contributed by atoms with van der Waals surface area (Å²) in [6, 6.07) is 4.28. The lowest BCUT2D eigenvalue weighted by molar-refractivity contribution is -0.150. The van der Waals surface area contributed by atoms with E-state index in [1.807, 2.05) is 9.80 Å². The Bertz CT molecular complexity index is 701. The third-order valence-corrected chi connectivity index (χ3v) is 6.65. The minimum atomic E-state index is -1.30. The van der Waals surface area contributed by atoms with Gasteiger partial charge in [-0.2, -0.15) is 0 Å². The third-order valence-electron chi connectivity index (χ3n) is 6.65. The summed E-state index contributed by atoms with van der Waals surface area (Å²) >= 11 is 0. The fraction of sp³-hybridized carbons (Fsp3) is 0.714. The van der Waals surface area contributed by atoms with Crippen LogP contribution in [0.25, 0.3) is 0 Å². The molecule has 0 saturated carbocycles. The molecule has 0 bridgehead atoms. The number of anilines is 1. The molecule has 3 aliphatic rings. The first-order valence-electron chi connectivity index (χ1n) is 10.7. The van der Waals surface area contributed by atoms with E-state index in [4.69, 9.17) is 4.98 Å². The quantitative estimate of drug-likeness (QED) is 0.652. The van der Waals surface area contributed by atoms with E-state index in [1.165, 1.54) is 5.56 Å². The predicted octanol–water partition coefficient (Wildman–Crippen LogP) is 0.997. The number of carbonyl (C=O) groups excluding carboxylic acids is 1. The maximum Gasteiger partial charge on any atom is 0.228 e. The Labute approximate surface area is 166 Å². The topological polar surface area (TPSA) is 88.9 Å². The van der Waals surface area contributed by atoms with E-state index in [9.17, 15) is 15.0 Å². The summed E-state index contributed by atoms with van der Waals surface area (Å²) < 4.78 is 0. The normalized spacial score (nSPS) is 22.4. The maximum absolute atomic E-state index is 13.3. The molecule has 7 nitrogen and oxygen atoms in total. The highest BCUT2D eigenvalue weighted by atomic mass is 16.5.